The van der Waals surface area contributed by atoms with E-state index >= 15 is 0 Å². The lowest BCUT2D eigenvalue weighted by Gasteiger charge is -2.37. The second-order valence-corrected chi connectivity index (χ2v) is 8.13. The highest BCUT2D eigenvalue weighted by atomic mass is 17.2. The topological polar surface area (TPSA) is 65.1 Å². The molecule has 1 saturated carbocycles. The molecule has 0 radical (unpaired) electrons. The zero-order valence-electron chi connectivity index (χ0n) is 17.1. The number of amides is 2. The summed E-state index contributed by atoms with van der Waals surface area (Å²) in [4.78, 5) is 37.4. The molecule has 1 aliphatic heterocycles. The maximum Gasteiger partial charge on any atom is 0.257 e. The van der Waals surface area contributed by atoms with Crippen LogP contribution in [0.4, 0.5) is 0 Å². The monoisotopic (exact) mass is 367 g/mol. The Hall–Kier alpha value is -1.24. The average Bonchev–Trinajstić information content (AvgIpc) is 2.78. The van der Waals surface area contributed by atoms with Crippen molar-refractivity contribution >= 4 is 11.8 Å². The van der Waals surface area contributed by atoms with E-state index in [1.165, 1.54) is 18.4 Å². The van der Waals surface area contributed by atoms with Crippen molar-refractivity contribution in [1.82, 2.24) is 4.90 Å². The van der Waals surface area contributed by atoms with E-state index in [2.05, 4.69) is 20.8 Å². The summed E-state index contributed by atoms with van der Waals surface area (Å²) in [5.41, 5.74) is 0.942. The average molecular weight is 367 g/mol. The van der Waals surface area contributed by atoms with E-state index < -0.39 is 12.3 Å². The van der Waals surface area contributed by atoms with E-state index in [9.17, 15) is 9.59 Å². The molecule has 2 aliphatic rings. The Kier molecular flexibility index (Phi) is 6.99. The first-order chi connectivity index (χ1) is 12.2. The van der Waals surface area contributed by atoms with Gasteiger partial charge in [-0.05, 0) is 51.4 Å². The Morgan fingerprint density at radius 1 is 1.04 bits per heavy atom. The number of rotatable bonds is 7. The van der Waals surface area contributed by atoms with Crippen LogP contribution < -0.4 is 0 Å². The maximum atomic E-state index is 12.4. The minimum atomic E-state index is -0.827. The van der Waals surface area contributed by atoms with E-state index in [0.29, 0.717) is 28.9 Å². The van der Waals surface area contributed by atoms with Gasteiger partial charge in [-0.3, -0.25) is 14.5 Å². The molecule has 1 fully saturated rings. The van der Waals surface area contributed by atoms with Crippen molar-refractivity contribution in [2.75, 3.05) is 7.11 Å². The van der Waals surface area contributed by atoms with Gasteiger partial charge in [-0.25, -0.2) is 9.78 Å². The Morgan fingerprint density at radius 2 is 1.62 bits per heavy atom. The van der Waals surface area contributed by atoms with Crippen LogP contribution in [-0.2, 0) is 24.1 Å². The number of hydrogen-bond acceptors (Lipinski definition) is 5. The molecule has 6 heteroatoms. The van der Waals surface area contributed by atoms with Gasteiger partial charge in [0.1, 0.15) is 0 Å². The molecular weight excluding hydrogens is 334 g/mol. The largest absolute Gasteiger partial charge is 0.351 e. The van der Waals surface area contributed by atoms with Gasteiger partial charge < -0.3 is 4.74 Å². The highest BCUT2D eigenvalue weighted by molar-refractivity contribution is 6.18. The molecule has 0 bridgehead atoms. The van der Waals surface area contributed by atoms with Gasteiger partial charge in [0.15, 0.2) is 0 Å². The van der Waals surface area contributed by atoms with Crippen LogP contribution in [0.5, 0.6) is 0 Å². The summed E-state index contributed by atoms with van der Waals surface area (Å²) in [6.45, 7) is 11.7. The van der Waals surface area contributed by atoms with Crippen molar-refractivity contribution < 1.29 is 24.1 Å². The summed E-state index contributed by atoms with van der Waals surface area (Å²) < 4.78 is 5.39. The lowest BCUT2D eigenvalue weighted by atomic mass is 9.75. The molecule has 0 saturated heterocycles. The van der Waals surface area contributed by atoms with E-state index in [4.69, 9.17) is 14.5 Å². The predicted octanol–water partition coefficient (Wildman–Crippen LogP) is 3.46. The number of ether oxygens (including phenoxy) is 1. The van der Waals surface area contributed by atoms with Crippen LogP contribution in [0.25, 0.3) is 0 Å². The van der Waals surface area contributed by atoms with E-state index in [1.54, 1.807) is 20.8 Å². The molecule has 1 heterocycles. The van der Waals surface area contributed by atoms with Crippen molar-refractivity contribution in [3.05, 3.63) is 11.1 Å². The standard InChI is InChI=1S/C20H33NO5/c1-11(2)16-9-8-12(3)10-17(16)25-26-20(24-7)15(6)21-18(22)13(4)14(5)19(21)23/h11-12,15-17,20H,8-10H2,1-7H3. The first-order valence-corrected chi connectivity index (χ1v) is 9.59. The zero-order valence-corrected chi connectivity index (χ0v) is 17.1. The number of carbonyl (C=O) groups is 2. The predicted molar refractivity (Wildman–Crippen MR) is 97.8 cm³/mol. The van der Waals surface area contributed by atoms with Gasteiger partial charge >= 0.3 is 0 Å². The van der Waals surface area contributed by atoms with Gasteiger partial charge in [-0.1, -0.05) is 27.2 Å². The number of nitrogens with zero attached hydrogens (tertiary/aromatic N) is 1. The summed E-state index contributed by atoms with van der Waals surface area (Å²) in [6.07, 6.45) is 2.43. The Morgan fingerprint density at radius 3 is 2.12 bits per heavy atom. The molecule has 0 aromatic rings. The van der Waals surface area contributed by atoms with Crippen LogP contribution in [0.1, 0.15) is 60.8 Å². The first-order valence-electron chi connectivity index (χ1n) is 9.59. The minimum absolute atomic E-state index is 0.00446. The van der Waals surface area contributed by atoms with E-state index in [1.807, 2.05) is 0 Å². The van der Waals surface area contributed by atoms with Crippen LogP contribution in [0.15, 0.2) is 11.1 Å². The summed E-state index contributed by atoms with van der Waals surface area (Å²) in [5, 5.41) is 0. The van der Waals surface area contributed by atoms with Crippen molar-refractivity contribution in [2.45, 2.75) is 79.2 Å². The zero-order chi connectivity index (χ0) is 19.6. The second kappa shape index (κ2) is 8.63. The molecule has 0 N–H and O–H groups in total. The van der Waals surface area contributed by atoms with E-state index in [-0.39, 0.29) is 17.9 Å². The van der Waals surface area contributed by atoms with Crippen molar-refractivity contribution in [2.24, 2.45) is 17.8 Å². The molecular formula is C20H33NO5. The van der Waals surface area contributed by atoms with Crippen molar-refractivity contribution in [3.63, 3.8) is 0 Å². The van der Waals surface area contributed by atoms with Crippen LogP contribution >= 0.6 is 0 Å². The highest BCUT2D eigenvalue weighted by Crippen LogP contribution is 2.36. The maximum absolute atomic E-state index is 12.4. The highest BCUT2D eigenvalue weighted by Gasteiger charge is 2.41. The van der Waals surface area contributed by atoms with Crippen molar-refractivity contribution in [3.8, 4) is 0 Å². The van der Waals surface area contributed by atoms with Gasteiger partial charge in [-0.15, -0.1) is 0 Å². The third-order valence-electron chi connectivity index (χ3n) is 5.91. The quantitative estimate of drug-likeness (QED) is 0.298. The molecule has 5 atom stereocenters. The lowest BCUT2D eigenvalue weighted by Crippen LogP contribution is -2.48. The fourth-order valence-electron chi connectivity index (χ4n) is 3.93. The summed E-state index contributed by atoms with van der Waals surface area (Å²) >= 11 is 0. The van der Waals surface area contributed by atoms with E-state index in [0.717, 1.165) is 12.8 Å². The van der Waals surface area contributed by atoms with Gasteiger partial charge in [0.2, 0.25) is 6.29 Å². The lowest BCUT2D eigenvalue weighted by molar-refractivity contribution is -0.412. The molecule has 2 rings (SSSR count). The van der Waals surface area contributed by atoms with Crippen LogP contribution in [-0.4, -0.2) is 42.3 Å². The van der Waals surface area contributed by atoms with Crippen LogP contribution in [0, 0.1) is 17.8 Å². The molecule has 0 aromatic heterocycles. The third-order valence-corrected chi connectivity index (χ3v) is 5.91. The summed E-state index contributed by atoms with van der Waals surface area (Å²) in [6, 6.07) is -0.578. The van der Waals surface area contributed by atoms with Crippen molar-refractivity contribution in [1.29, 1.82) is 0 Å². The molecule has 1 aliphatic carbocycles. The number of imide groups is 1. The molecule has 6 nitrogen and oxygen atoms in total. The Labute approximate surface area is 156 Å². The Bertz CT molecular complexity index is 547. The van der Waals surface area contributed by atoms with Gasteiger partial charge in [0.25, 0.3) is 11.8 Å². The first kappa shape index (κ1) is 21.1. The molecule has 26 heavy (non-hydrogen) atoms. The number of methoxy groups -OCH3 is 1. The fraction of sp³-hybridized carbons (Fsp3) is 0.800. The third kappa shape index (κ3) is 4.18. The SMILES string of the molecule is COC(OOC1CC(C)CCC1C(C)C)C(C)N1C(=O)C(C)=C(C)C1=O. The van der Waals surface area contributed by atoms with Crippen LogP contribution in [0.3, 0.4) is 0 Å². The summed E-state index contributed by atoms with van der Waals surface area (Å²) in [7, 11) is 1.49. The molecule has 0 aromatic carbocycles. The number of carbonyl (C=O) groups excluding carboxylic acids is 2. The second-order valence-electron chi connectivity index (χ2n) is 8.13. The summed E-state index contributed by atoms with van der Waals surface area (Å²) in [5.74, 6) is 0.938. The van der Waals surface area contributed by atoms with Gasteiger partial charge in [0.05, 0.1) is 12.1 Å². The number of hydrogen-bond donors (Lipinski definition) is 0. The normalized spacial score (nSPS) is 29.7. The van der Waals surface area contributed by atoms with Gasteiger partial charge in [-0.2, -0.15) is 0 Å². The molecule has 148 valence electrons. The smallest absolute Gasteiger partial charge is 0.257 e. The van der Waals surface area contributed by atoms with Gasteiger partial charge in [0, 0.05) is 18.3 Å². The molecule has 0 spiro atoms. The fourth-order valence-corrected chi connectivity index (χ4v) is 3.93. The van der Waals surface area contributed by atoms with Crippen LogP contribution in [0.2, 0.25) is 0 Å². The molecule has 5 unspecified atom stereocenters. The minimum Gasteiger partial charge on any atom is -0.351 e. The molecule has 2 amide bonds. The Balaban J connectivity index is 2.02.